The average molecular weight is 262 g/mol. The van der Waals surface area contributed by atoms with Crippen LogP contribution in [0.4, 0.5) is 5.88 Å². The summed E-state index contributed by atoms with van der Waals surface area (Å²) in [5.41, 5.74) is 5.61. The average Bonchev–Trinajstić information content (AvgIpc) is 2.79. The Kier molecular flexibility index (Phi) is 2.37. The molecule has 2 N–H and O–H groups in total. The maximum atomic E-state index is 12.0. The summed E-state index contributed by atoms with van der Waals surface area (Å²) in [5.74, 6) is 2.63. The van der Waals surface area contributed by atoms with E-state index in [0.717, 1.165) is 11.8 Å². The second-order valence-corrected chi connectivity index (χ2v) is 6.42. The molecule has 5 nitrogen and oxygen atoms in total. The van der Waals surface area contributed by atoms with Crippen molar-refractivity contribution >= 4 is 11.9 Å². The van der Waals surface area contributed by atoms with Gasteiger partial charge in [0.25, 0.3) is 0 Å². The second kappa shape index (κ2) is 3.99. The van der Waals surface area contributed by atoms with Crippen molar-refractivity contribution in [1.29, 1.82) is 0 Å². The number of carbonyl (C=O) groups excluding carboxylic acids is 1. The van der Waals surface area contributed by atoms with Gasteiger partial charge in [-0.3, -0.25) is 0 Å². The van der Waals surface area contributed by atoms with E-state index in [9.17, 15) is 4.79 Å². The summed E-state index contributed by atoms with van der Waals surface area (Å²) in [7, 11) is 0. The molecule has 4 fully saturated rings. The Hall–Kier alpha value is -1.52. The molecule has 5 rings (SSSR count). The van der Waals surface area contributed by atoms with Crippen LogP contribution in [0, 0.1) is 23.7 Å². The predicted octanol–water partition coefficient (Wildman–Crippen LogP) is 2.24. The Balaban J connectivity index is 1.49. The summed E-state index contributed by atoms with van der Waals surface area (Å²) >= 11 is 0. The van der Waals surface area contributed by atoms with E-state index in [2.05, 4.69) is 5.16 Å². The molecule has 0 aromatic carbocycles. The first kappa shape index (κ1) is 11.3. The van der Waals surface area contributed by atoms with E-state index in [1.54, 1.807) is 0 Å². The Morgan fingerprint density at radius 2 is 1.84 bits per heavy atom. The van der Waals surface area contributed by atoms with Gasteiger partial charge in [-0.1, -0.05) is 5.16 Å². The van der Waals surface area contributed by atoms with Crippen molar-refractivity contribution in [3.63, 3.8) is 0 Å². The molecule has 0 amide bonds. The Labute approximate surface area is 111 Å². The van der Waals surface area contributed by atoms with Crippen LogP contribution < -0.4 is 5.73 Å². The lowest BCUT2D eigenvalue weighted by atomic mass is 9.55. The molecule has 1 aromatic heterocycles. The van der Waals surface area contributed by atoms with Crippen LogP contribution in [0.2, 0.25) is 0 Å². The van der Waals surface area contributed by atoms with Crippen LogP contribution in [0.15, 0.2) is 10.6 Å². The van der Waals surface area contributed by atoms with Gasteiger partial charge in [0.2, 0.25) is 5.88 Å². The highest BCUT2D eigenvalue weighted by atomic mass is 16.5. The van der Waals surface area contributed by atoms with Crippen molar-refractivity contribution in [1.82, 2.24) is 5.16 Å². The predicted molar refractivity (Wildman–Crippen MR) is 67.2 cm³/mol. The molecule has 0 spiro atoms. The van der Waals surface area contributed by atoms with E-state index < -0.39 is 5.97 Å². The van der Waals surface area contributed by atoms with Crippen LogP contribution in [-0.4, -0.2) is 17.2 Å². The Bertz CT molecular complexity index is 483. The van der Waals surface area contributed by atoms with Gasteiger partial charge >= 0.3 is 5.97 Å². The van der Waals surface area contributed by atoms with Crippen LogP contribution in [0.3, 0.4) is 0 Å². The number of anilines is 1. The maximum absolute atomic E-state index is 12.0. The highest BCUT2D eigenvalue weighted by Gasteiger charge is 2.50. The molecular weight excluding hydrogens is 244 g/mol. The molecule has 102 valence electrons. The maximum Gasteiger partial charge on any atom is 0.360 e. The summed E-state index contributed by atoms with van der Waals surface area (Å²) in [4.78, 5) is 12.0. The second-order valence-electron chi connectivity index (χ2n) is 6.42. The van der Waals surface area contributed by atoms with E-state index in [1.165, 1.54) is 38.2 Å². The molecule has 0 atom stereocenters. The fourth-order valence-electron chi connectivity index (χ4n) is 4.64. The minimum absolute atomic E-state index is 0.0817. The van der Waals surface area contributed by atoms with E-state index in [0.29, 0.717) is 11.8 Å². The molecule has 1 heterocycles. The molecule has 4 saturated carbocycles. The topological polar surface area (TPSA) is 78.4 Å². The molecule has 0 radical (unpaired) electrons. The van der Waals surface area contributed by atoms with Crippen molar-refractivity contribution in [2.45, 2.75) is 38.2 Å². The largest absolute Gasteiger partial charge is 0.457 e. The smallest absolute Gasteiger partial charge is 0.360 e. The number of esters is 1. The fraction of sp³-hybridized carbons (Fsp3) is 0.714. The number of aromatic nitrogens is 1. The van der Waals surface area contributed by atoms with E-state index >= 15 is 0 Å². The van der Waals surface area contributed by atoms with Crippen molar-refractivity contribution in [3.8, 4) is 0 Å². The summed E-state index contributed by atoms with van der Waals surface area (Å²) in [5, 5.41) is 3.62. The van der Waals surface area contributed by atoms with Gasteiger partial charge in [-0.05, 0) is 55.8 Å². The van der Waals surface area contributed by atoms with Gasteiger partial charge in [-0.2, -0.15) is 0 Å². The third kappa shape index (κ3) is 1.83. The molecule has 1 aromatic rings. The van der Waals surface area contributed by atoms with Gasteiger partial charge in [0, 0.05) is 6.07 Å². The number of nitrogens with two attached hydrogens (primary N) is 1. The van der Waals surface area contributed by atoms with Crippen LogP contribution in [-0.2, 0) is 4.74 Å². The van der Waals surface area contributed by atoms with Gasteiger partial charge in [0.05, 0.1) is 0 Å². The third-order valence-electron chi connectivity index (χ3n) is 5.12. The minimum atomic E-state index is -0.391. The summed E-state index contributed by atoms with van der Waals surface area (Å²) in [6.07, 6.45) is 6.39. The number of hydrogen-bond donors (Lipinski definition) is 1. The zero-order chi connectivity index (χ0) is 13.0. The molecule has 4 aliphatic carbocycles. The standard InChI is InChI=1S/C14H18N2O3/c15-12-6-11(16-19-12)14(17)18-13-9-2-7-1-8(4-9)5-10(13)3-7/h6-10,13H,1-5,15H2. The highest BCUT2D eigenvalue weighted by molar-refractivity contribution is 5.87. The Morgan fingerprint density at radius 1 is 1.21 bits per heavy atom. The molecule has 0 unspecified atom stereocenters. The monoisotopic (exact) mass is 262 g/mol. The van der Waals surface area contributed by atoms with Crippen LogP contribution in [0.25, 0.3) is 0 Å². The molecule has 0 aliphatic heterocycles. The molecule has 0 saturated heterocycles. The van der Waals surface area contributed by atoms with Crippen LogP contribution >= 0.6 is 0 Å². The van der Waals surface area contributed by atoms with Crippen LogP contribution in [0.1, 0.15) is 42.6 Å². The van der Waals surface area contributed by atoms with Gasteiger partial charge in [0.1, 0.15) is 6.10 Å². The lowest BCUT2D eigenvalue weighted by Gasteiger charge is -2.53. The molecular formula is C14H18N2O3. The number of carbonyl (C=O) groups is 1. The summed E-state index contributed by atoms with van der Waals surface area (Å²) in [6, 6.07) is 1.43. The van der Waals surface area contributed by atoms with Gasteiger partial charge < -0.3 is 15.0 Å². The molecule has 19 heavy (non-hydrogen) atoms. The first-order valence-electron chi connectivity index (χ1n) is 7.12. The normalized spacial score (nSPS) is 39.5. The summed E-state index contributed by atoms with van der Waals surface area (Å²) in [6.45, 7) is 0. The quantitative estimate of drug-likeness (QED) is 0.827. The zero-order valence-corrected chi connectivity index (χ0v) is 10.7. The van der Waals surface area contributed by atoms with E-state index in [4.69, 9.17) is 15.0 Å². The lowest BCUT2D eigenvalue weighted by Crippen LogP contribution is -2.50. The first-order chi connectivity index (χ1) is 9.19. The van der Waals surface area contributed by atoms with Crippen molar-refractivity contribution < 1.29 is 14.1 Å². The number of ether oxygens (including phenoxy) is 1. The molecule has 4 aliphatic rings. The molecule has 4 bridgehead atoms. The van der Waals surface area contributed by atoms with Crippen molar-refractivity contribution in [3.05, 3.63) is 11.8 Å². The SMILES string of the molecule is Nc1cc(C(=O)OC2C3CC4CC(C3)CC2C4)no1. The van der Waals surface area contributed by atoms with E-state index in [-0.39, 0.29) is 17.7 Å². The minimum Gasteiger partial charge on any atom is -0.457 e. The zero-order valence-electron chi connectivity index (χ0n) is 10.7. The lowest BCUT2D eigenvalue weighted by molar-refractivity contribution is -0.101. The summed E-state index contributed by atoms with van der Waals surface area (Å²) < 4.78 is 10.4. The Morgan fingerprint density at radius 3 is 2.37 bits per heavy atom. The van der Waals surface area contributed by atoms with Gasteiger partial charge in [-0.15, -0.1) is 0 Å². The van der Waals surface area contributed by atoms with E-state index in [1.807, 2.05) is 0 Å². The number of nitrogen functional groups attached to an aromatic ring is 1. The van der Waals surface area contributed by atoms with Crippen LogP contribution in [0.5, 0.6) is 0 Å². The number of nitrogens with zero attached hydrogens (tertiary/aromatic N) is 1. The first-order valence-corrected chi connectivity index (χ1v) is 7.12. The number of hydrogen-bond acceptors (Lipinski definition) is 5. The van der Waals surface area contributed by atoms with Crippen molar-refractivity contribution in [2.75, 3.05) is 5.73 Å². The number of rotatable bonds is 2. The van der Waals surface area contributed by atoms with Gasteiger partial charge in [-0.25, -0.2) is 4.79 Å². The molecule has 5 heteroatoms. The third-order valence-corrected chi connectivity index (χ3v) is 5.12. The fourth-order valence-corrected chi connectivity index (χ4v) is 4.64. The van der Waals surface area contributed by atoms with Crippen molar-refractivity contribution in [2.24, 2.45) is 23.7 Å². The highest BCUT2D eigenvalue weighted by Crippen LogP contribution is 2.54. The van der Waals surface area contributed by atoms with Gasteiger partial charge in [0.15, 0.2) is 5.69 Å².